The fourth-order valence-corrected chi connectivity index (χ4v) is 1.32. The van der Waals surface area contributed by atoms with Crippen LogP contribution in [0.15, 0.2) is 36.4 Å². The summed E-state index contributed by atoms with van der Waals surface area (Å²) in [4.78, 5) is 11.0. The molecule has 0 fully saturated rings. The summed E-state index contributed by atoms with van der Waals surface area (Å²) in [6.07, 6.45) is 4.07. The zero-order valence-corrected chi connectivity index (χ0v) is 9.19. The van der Waals surface area contributed by atoms with Crippen LogP contribution in [0.3, 0.4) is 0 Å². The van der Waals surface area contributed by atoms with Gasteiger partial charge in [0.15, 0.2) is 0 Å². The lowest BCUT2D eigenvalue weighted by Gasteiger charge is -1.98. The molecule has 80 valence electrons. The van der Waals surface area contributed by atoms with E-state index in [1.54, 1.807) is 6.92 Å². The molecule has 0 bridgehead atoms. The normalized spacial score (nSPS) is 10.5. The maximum atomic E-state index is 11.0. The zero-order chi connectivity index (χ0) is 11.1. The molecule has 0 atom stereocenters. The van der Waals surface area contributed by atoms with E-state index in [1.165, 1.54) is 17.2 Å². The zero-order valence-electron chi connectivity index (χ0n) is 9.19. The highest BCUT2D eigenvalue weighted by Gasteiger charge is 1.93. The first-order valence-corrected chi connectivity index (χ1v) is 5.11. The summed E-state index contributed by atoms with van der Waals surface area (Å²) in [6.45, 7) is 4.28. The molecule has 2 nitrogen and oxygen atoms in total. The van der Waals surface area contributed by atoms with Crippen LogP contribution in [0.5, 0.6) is 0 Å². The minimum absolute atomic E-state index is 0.273. The second-order valence-electron chi connectivity index (χ2n) is 3.35. The summed E-state index contributed by atoms with van der Waals surface area (Å²) in [5, 5.41) is 0. The van der Waals surface area contributed by atoms with E-state index in [4.69, 9.17) is 4.74 Å². The first kappa shape index (κ1) is 11.5. The van der Waals surface area contributed by atoms with Crippen LogP contribution in [-0.4, -0.2) is 12.6 Å². The Morgan fingerprint density at radius 1 is 1.47 bits per heavy atom. The van der Waals surface area contributed by atoms with Gasteiger partial charge >= 0.3 is 5.97 Å². The predicted molar refractivity (Wildman–Crippen MR) is 60.7 cm³/mol. The molecule has 0 saturated carbocycles. The van der Waals surface area contributed by atoms with E-state index in [1.807, 2.05) is 18.2 Å². The molecule has 0 amide bonds. The van der Waals surface area contributed by atoms with Crippen LogP contribution in [-0.2, 0) is 16.0 Å². The highest BCUT2D eigenvalue weighted by Crippen LogP contribution is 2.05. The first-order chi connectivity index (χ1) is 7.22. The van der Waals surface area contributed by atoms with Crippen LogP contribution in [0, 0.1) is 6.92 Å². The van der Waals surface area contributed by atoms with Crippen LogP contribution >= 0.6 is 0 Å². The Kier molecular flexibility index (Phi) is 4.61. The molecule has 1 rings (SSSR count). The molecule has 1 aromatic carbocycles. The quantitative estimate of drug-likeness (QED) is 0.556. The van der Waals surface area contributed by atoms with E-state index in [9.17, 15) is 4.79 Å². The van der Waals surface area contributed by atoms with Crippen LogP contribution in [0.2, 0.25) is 0 Å². The van der Waals surface area contributed by atoms with E-state index in [0.717, 1.165) is 6.42 Å². The summed E-state index contributed by atoms with van der Waals surface area (Å²) in [5.74, 6) is -0.273. The van der Waals surface area contributed by atoms with Crippen molar-refractivity contribution >= 4 is 5.97 Å². The summed E-state index contributed by atoms with van der Waals surface area (Å²) in [5.41, 5.74) is 2.44. The maximum Gasteiger partial charge on any atom is 0.330 e. The van der Waals surface area contributed by atoms with Gasteiger partial charge in [-0.15, -0.1) is 0 Å². The fraction of sp³-hybridized carbons (Fsp3) is 0.308. The van der Waals surface area contributed by atoms with E-state index < -0.39 is 0 Å². The van der Waals surface area contributed by atoms with Gasteiger partial charge in [-0.2, -0.15) is 0 Å². The Morgan fingerprint density at radius 3 is 2.93 bits per heavy atom. The van der Waals surface area contributed by atoms with Crippen molar-refractivity contribution in [1.82, 2.24) is 0 Å². The topological polar surface area (TPSA) is 26.3 Å². The molecule has 0 heterocycles. The van der Waals surface area contributed by atoms with Gasteiger partial charge in [0.05, 0.1) is 6.61 Å². The summed E-state index contributed by atoms with van der Waals surface area (Å²) in [6, 6.07) is 8.22. The standard InChI is InChI=1S/C13H16O2/c1-3-15-13(14)9-5-8-12-7-4-6-11(2)10-12/h4-7,9-10H,3,8H2,1-2H3/b9-5+. The molecule has 0 N–H and O–H groups in total. The number of carbonyl (C=O) groups excluding carboxylic acids is 1. The number of rotatable bonds is 4. The summed E-state index contributed by atoms with van der Waals surface area (Å²) in [7, 11) is 0. The molecule has 0 radical (unpaired) electrons. The van der Waals surface area contributed by atoms with Gasteiger partial charge in [0.25, 0.3) is 0 Å². The molecule has 0 saturated heterocycles. The van der Waals surface area contributed by atoms with Crippen molar-refractivity contribution in [2.24, 2.45) is 0 Å². The molecular weight excluding hydrogens is 188 g/mol. The number of aryl methyl sites for hydroxylation is 1. The van der Waals surface area contributed by atoms with E-state index in [0.29, 0.717) is 6.61 Å². The molecule has 0 spiro atoms. The predicted octanol–water partition coefficient (Wildman–Crippen LogP) is 2.66. The Morgan fingerprint density at radius 2 is 2.27 bits per heavy atom. The SMILES string of the molecule is CCOC(=O)/C=C/Cc1cccc(C)c1. The van der Waals surface area contributed by atoms with E-state index in [2.05, 4.69) is 19.1 Å². The molecule has 0 aromatic heterocycles. The van der Waals surface area contributed by atoms with Crippen LogP contribution in [0.25, 0.3) is 0 Å². The number of benzene rings is 1. The Balaban J connectivity index is 2.46. The number of carbonyl (C=O) groups is 1. The third-order valence-corrected chi connectivity index (χ3v) is 1.98. The lowest BCUT2D eigenvalue weighted by Crippen LogP contribution is -1.99. The lowest BCUT2D eigenvalue weighted by atomic mass is 10.1. The number of hydrogen-bond acceptors (Lipinski definition) is 2. The van der Waals surface area contributed by atoms with Crippen LogP contribution in [0.1, 0.15) is 18.1 Å². The second kappa shape index (κ2) is 6.02. The van der Waals surface area contributed by atoms with Gasteiger partial charge in [-0.05, 0) is 25.8 Å². The monoisotopic (exact) mass is 204 g/mol. The van der Waals surface area contributed by atoms with Crippen molar-refractivity contribution < 1.29 is 9.53 Å². The Bertz CT molecular complexity index is 353. The number of esters is 1. The minimum Gasteiger partial charge on any atom is -0.463 e. The van der Waals surface area contributed by atoms with Gasteiger partial charge in [-0.1, -0.05) is 35.9 Å². The van der Waals surface area contributed by atoms with Gasteiger partial charge in [0, 0.05) is 6.08 Å². The van der Waals surface area contributed by atoms with Gasteiger partial charge in [-0.25, -0.2) is 4.79 Å². The molecule has 2 heteroatoms. The minimum atomic E-state index is -0.273. The average molecular weight is 204 g/mol. The third-order valence-electron chi connectivity index (χ3n) is 1.98. The number of hydrogen-bond donors (Lipinski definition) is 0. The van der Waals surface area contributed by atoms with Crippen LogP contribution < -0.4 is 0 Å². The van der Waals surface area contributed by atoms with Crippen LogP contribution in [0.4, 0.5) is 0 Å². The maximum absolute atomic E-state index is 11.0. The van der Waals surface area contributed by atoms with Gasteiger partial charge in [0.2, 0.25) is 0 Å². The number of ether oxygens (including phenoxy) is 1. The molecule has 0 aliphatic carbocycles. The Labute approximate surface area is 90.6 Å². The lowest BCUT2D eigenvalue weighted by molar-refractivity contribution is -0.137. The molecule has 0 aliphatic heterocycles. The van der Waals surface area contributed by atoms with Crippen molar-refractivity contribution in [3.8, 4) is 0 Å². The average Bonchev–Trinajstić information content (AvgIpc) is 2.18. The molecule has 0 aliphatic rings. The van der Waals surface area contributed by atoms with Gasteiger partial charge < -0.3 is 4.74 Å². The second-order valence-corrected chi connectivity index (χ2v) is 3.35. The summed E-state index contributed by atoms with van der Waals surface area (Å²) >= 11 is 0. The largest absolute Gasteiger partial charge is 0.463 e. The number of allylic oxidation sites excluding steroid dienone is 1. The summed E-state index contributed by atoms with van der Waals surface area (Å²) < 4.78 is 4.78. The Hall–Kier alpha value is -1.57. The third kappa shape index (κ3) is 4.45. The molecule has 0 unspecified atom stereocenters. The van der Waals surface area contributed by atoms with Crippen molar-refractivity contribution in [1.29, 1.82) is 0 Å². The highest BCUT2D eigenvalue weighted by atomic mass is 16.5. The van der Waals surface area contributed by atoms with Gasteiger partial charge in [-0.3, -0.25) is 0 Å². The smallest absolute Gasteiger partial charge is 0.330 e. The molecule has 1 aromatic rings. The van der Waals surface area contributed by atoms with E-state index >= 15 is 0 Å². The van der Waals surface area contributed by atoms with Gasteiger partial charge in [0.1, 0.15) is 0 Å². The van der Waals surface area contributed by atoms with Crippen molar-refractivity contribution in [3.05, 3.63) is 47.5 Å². The highest BCUT2D eigenvalue weighted by molar-refractivity contribution is 5.81. The van der Waals surface area contributed by atoms with E-state index in [-0.39, 0.29) is 5.97 Å². The molecule has 15 heavy (non-hydrogen) atoms. The first-order valence-electron chi connectivity index (χ1n) is 5.11. The van der Waals surface area contributed by atoms with Crippen molar-refractivity contribution in [2.45, 2.75) is 20.3 Å². The van der Waals surface area contributed by atoms with Crippen molar-refractivity contribution in [3.63, 3.8) is 0 Å². The van der Waals surface area contributed by atoms with Crippen molar-refractivity contribution in [2.75, 3.05) is 6.61 Å². The fourth-order valence-electron chi connectivity index (χ4n) is 1.32. The molecular formula is C13H16O2.